The molecule has 0 fully saturated rings. The number of methoxy groups -OCH3 is 1. The van der Waals surface area contributed by atoms with E-state index in [2.05, 4.69) is 15.3 Å². The maximum absolute atomic E-state index is 11.2. The second-order valence-electron chi connectivity index (χ2n) is 4.23. The average Bonchev–Trinajstić information content (AvgIpc) is 2.94. The highest BCUT2D eigenvalue weighted by molar-refractivity contribution is 5.92. The maximum Gasteiger partial charge on any atom is 0.358 e. The summed E-state index contributed by atoms with van der Waals surface area (Å²) in [6, 6.07) is -0.129. The summed E-state index contributed by atoms with van der Waals surface area (Å²) in [6.45, 7) is 2.29. The lowest BCUT2D eigenvalue weighted by molar-refractivity contribution is 0.0691. The molecule has 102 valence electrons. The fraction of sp³-hybridized carbons (Fsp3) is 0.455. The van der Waals surface area contributed by atoms with Gasteiger partial charge in [-0.05, 0) is 6.92 Å². The molecule has 1 N–H and O–H groups in total. The van der Waals surface area contributed by atoms with Crippen LogP contribution in [-0.2, 0) is 11.8 Å². The molecule has 0 aliphatic heterocycles. The van der Waals surface area contributed by atoms with Gasteiger partial charge in [-0.3, -0.25) is 0 Å². The fourth-order valence-corrected chi connectivity index (χ4v) is 1.88. The van der Waals surface area contributed by atoms with E-state index in [-0.39, 0.29) is 11.7 Å². The van der Waals surface area contributed by atoms with Crippen molar-refractivity contribution >= 4 is 5.97 Å². The smallest absolute Gasteiger partial charge is 0.358 e. The van der Waals surface area contributed by atoms with Gasteiger partial charge >= 0.3 is 5.97 Å². The highest BCUT2D eigenvalue weighted by Crippen LogP contribution is 2.24. The number of nitrogens with zero attached hydrogens (tertiary/aromatic N) is 5. The van der Waals surface area contributed by atoms with E-state index in [0.29, 0.717) is 18.0 Å². The highest BCUT2D eigenvalue weighted by atomic mass is 16.5. The maximum atomic E-state index is 11.2. The van der Waals surface area contributed by atoms with Gasteiger partial charge < -0.3 is 14.4 Å². The van der Waals surface area contributed by atoms with E-state index in [1.54, 1.807) is 35.9 Å². The number of hydrogen-bond donors (Lipinski definition) is 1. The van der Waals surface area contributed by atoms with Crippen molar-refractivity contribution in [3.8, 4) is 11.4 Å². The van der Waals surface area contributed by atoms with Gasteiger partial charge in [-0.1, -0.05) is 5.21 Å². The Balaban J connectivity index is 2.58. The molecule has 2 aromatic heterocycles. The van der Waals surface area contributed by atoms with E-state index in [4.69, 9.17) is 4.74 Å². The van der Waals surface area contributed by atoms with Crippen LogP contribution in [-0.4, -0.2) is 49.3 Å². The van der Waals surface area contributed by atoms with E-state index < -0.39 is 5.97 Å². The van der Waals surface area contributed by atoms with Gasteiger partial charge in [-0.2, -0.15) is 0 Å². The molecule has 0 spiro atoms. The largest absolute Gasteiger partial charge is 0.476 e. The molecule has 2 heterocycles. The lowest BCUT2D eigenvalue weighted by atomic mass is 10.2. The van der Waals surface area contributed by atoms with E-state index in [1.165, 1.54) is 0 Å². The highest BCUT2D eigenvalue weighted by Gasteiger charge is 2.24. The predicted octanol–water partition coefficient (Wildman–Crippen LogP) is 0.584. The molecule has 8 nitrogen and oxygen atoms in total. The van der Waals surface area contributed by atoms with E-state index in [1.807, 2.05) is 6.92 Å². The quantitative estimate of drug-likeness (QED) is 0.849. The van der Waals surface area contributed by atoms with Gasteiger partial charge in [0, 0.05) is 14.2 Å². The summed E-state index contributed by atoms with van der Waals surface area (Å²) in [4.78, 5) is 15.2. The molecule has 1 unspecified atom stereocenters. The molecule has 19 heavy (non-hydrogen) atoms. The van der Waals surface area contributed by atoms with Crippen molar-refractivity contribution in [2.45, 2.75) is 13.0 Å². The van der Waals surface area contributed by atoms with Crippen molar-refractivity contribution < 1.29 is 14.6 Å². The lowest BCUT2D eigenvalue weighted by Crippen LogP contribution is -2.15. The molecule has 8 heteroatoms. The molecule has 0 saturated heterocycles. The van der Waals surface area contributed by atoms with Crippen LogP contribution in [0.3, 0.4) is 0 Å². The Kier molecular flexibility index (Phi) is 3.61. The van der Waals surface area contributed by atoms with Gasteiger partial charge in [-0.15, -0.1) is 5.10 Å². The zero-order valence-corrected chi connectivity index (χ0v) is 10.9. The molecule has 0 aliphatic rings. The van der Waals surface area contributed by atoms with Gasteiger partial charge in [0.2, 0.25) is 0 Å². The number of rotatable bonds is 5. The van der Waals surface area contributed by atoms with E-state index >= 15 is 0 Å². The van der Waals surface area contributed by atoms with Crippen LogP contribution in [0.1, 0.15) is 23.5 Å². The third-order valence-electron chi connectivity index (χ3n) is 2.78. The summed E-state index contributed by atoms with van der Waals surface area (Å²) in [5.74, 6) is -1.12. The second kappa shape index (κ2) is 5.19. The van der Waals surface area contributed by atoms with Gasteiger partial charge in [0.1, 0.15) is 5.69 Å². The summed E-state index contributed by atoms with van der Waals surface area (Å²) in [5, 5.41) is 16.9. The molecular weight excluding hydrogens is 250 g/mol. The van der Waals surface area contributed by atoms with Crippen LogP contribution in [0, 0.1) is 0 Å². The average molecular weight is 265 g/mol. The van der Waals surface area contributed by atoms with Crippen molar-refractivity contribution in [3.05, 3.63) is 18.2 Å². The van der Waals surface area contributed by atoms with Gasteiger partial charge in [-0.25, -0.2) is 14.5 Å². The van der Waals surface area contributed by atoms with E-state index in [0.717, 1.165) is 0 Å². The first-order chi connectivity index (χ1) is 9.06. The number of imidazole rings is 1. The van der Waals surface area contributed by atoms with Crippen LogP contribution >= 0.6 is 0 Å². The molecule has 0 aliphatic carbocycles. The second-order valence-corrected chi connectivity index (χ2v) is 4.23. The molecule has 0 amide bonds. The minimum absolute atomic E-state index is 0.0912. The third kappa shape index (κ3) is 2.34. The van der Waals surface area contributed by atoms with Crippen molar-refractivity contribution in [1.29, 1.82) is 0 Å². The summed E-state index contributed by atoms with van der Waals surface area (Å²) < 4.78 is 8.34. The Bertz CT molecular complexity index is 589. The Hall–Kier alpha value is -2.22. The van der Waals surface area contributed by atoms with Gasteiger partial charge in [0.15, 0.2) is 5.69 Å². The number of aryl methyl sites for hydroxylation is 1. The predicted molar refractivity (Wildman–Crippen MR) is 65.8 cm³/mol. The number of aromatic carboxylic acids is 1. The first-order valence-electron chi connectivity index (χ1n) is 5.70. The van der Waals surface area contributed by atoms with Gasteiger partial charge in [0.25, 0.3) is 0 Å². The SMILES string of the molecule is COCC(C)n1nnc(C(=O)O)c1-c1cncn1C. The topological polar surface area (TPSA) is 95.1 Å². The Morgan fingerprint density at radius 1 is 1.58 bits per heavy atom. The van der Waals surface area contributed by atoms with Crippen LogP contribution in [0.25, 0.3) is 11.4 Å². The first kappa shape index (κ1) is 13.2. The monoisotopic (exact) mass is 265 g/mol. The van der Waals surface area contributed by atoms with Crippen LogP contribution in [0.15, 0.2) is 12.5 Å². The summed E-state index contributed by atoms with van der Waals surface area (Å²) in [6.07, 6.45) is 3.18. The normalized spacial score (nSPS) is 12.6. The summed E-state index contributed by atoms with van der Waals surface area (Å²) in [5.41, 5.74) is 0.981. The zero-order valence-electron chi connectivity index (χ0n) is 10.9. The van der Waals surface area contributed by atoms with Crippen molar-refractivity contribution in [1.82, 2.24) is 24.5 Å². The molecule has 0 bridgehead atoms. The standard InChI is InChI=1S/C11H15N5O3/c1-7(5-19-3)16-10(8-4-12-6-15(8)2)9(11(17)18)13-14-16/h4,6-7H,5H2,1-3H3,(H,17,18). The van der Waals surface area contributed by atoms with Gasteiger partial charge in [0.05, 0.1) is 30.9 Å². The Labute approximate surface area is 109 Å². The summed E-state index contributed by atoms with van der Waals surface area (Å²) >= 11 is 0. The molecule has 2 aromatic rings. The molecular formula is C11H15N5O3. The number of carboxylic acid groups (broad SMARTS) is 1. The van der Waals surface area contributed by atoms with Crippen LogP contribution in [0.5, 0.6) is 0 Å². The fourth-order valence-electron chi connectivity index (χ4n) is 1.88. The number of carboxylic acids is 1. The molecule has 0 aromatic carbocycles. The molecule has 0 radical (unpaired) electrons. The van der Waals surface area contributed by atoms with Crippen LogP contribution in [0.2, 0.25) is 0 Å². The van der Waals surface area contributed by atoms with Crippen molar-refractivity contribution in [2.24, 2.45) is 7.05 Å². The number of hydrogen-bond acceptors (Lipinski definition) is 5. The lowest BCUT2D eigenvalue weighted by Gasteiger charge is -2.14. The minimum atomic E-state index is -1.12. The number of aromatic nitrogens is 5. The van der Waals surface area contributed by atoms with Crippen molar-refractivity contribution in [3.63, 3.8) is 0 Å². The third-order valence-corrected chi connectivity index (χ3v) is 2.78. The first-order valence-corrected chi connectivity index (χ1v) is 5.70. The van der Waals surface area contributed by atoms with E-state index in [9.17, 15) is 9.90 Å². The Morgan fingerprint density at radius 3 is 2.84 bits per heavy atom. The summed E-state index contributed by atoms with van der Waals surface area (Å²) in [7, 11) is 3.36. The van der Waals surface area contributed by atoms with Crippen LogP contribution < -0.4 is 0 Å². The minimum Gasteiger partial charge on any atom is -0.476 e. The Morgan fingerprint density at radius 2 is 2.32 bits per heavy atom. The molecule has 1 atom stereocenters. The molecule has 0 saturated carbocycles. The number of ether oxygens (including phenoxy) is 1. The zero-order chi connectivity index (χ0) is 14.0. The number of carbonyl (C=O) groups is 1. The van der Waals surface area contributed by atoms with Crippen molar-refractivity contribution in [2.75, 3.05) is 13.7 Å². The molecule has 2 rings (SSSR count). The van der Waals surface area contributed by atoms with Crippen LogP contribution in [0.4, 0.5) is 0 Å².